The molecule has 4 nitrogen and oxygen atoms in total. The summed E-state index contributed by atoms with van der Waals surface area (Å²) in [5.41, 5.74) is 14.3. The lowest BCUT2D eigenvalue weighted by atomic mass is 10.2. The quantitative estimate of drug-likeness (QED) is 0.197. The number of nitrogen functional groups attached to an aromatic ring is 1. The largest absolute Gasteiger partial charge is 0.399 e. The highest BCUT2D eigenvalue weighted by atomic mass is 19.1. The fourth-order valence-electron chi connectivity index (χ4n) is 1.000. The van der Waals surface area contributed by atoms with Gasteiger partial charge in [0.05, 0.1) is 0 Å². The average Bonchev–Trinajstić information content (AvgIpc) is 2.16. The zero-order valence-corrected chi connectivity index (χ0v) is 7.94. The Kier molecular flexibility index (Phi) is 4.02. The third-order valence-electron chi connectivity index (χ3n) is 1.55. The lowest BCUT2D eigenvalue weighted by Gasteiger charge is -1.94. The average molecular weight is 204 g/mol. The highest BCUT2D eigenvalue weighted by Gasteiger charge is 1.94. The molecule has 0 bridgehead atoms. The van der Waals surface area contributed by atoms with E-state index in [1.54, 1.807) is 6.07 Å². The van der Waals surface area contributed by atoms with Crippen molar-refractivity contribution in [3.8, 4) is 11.8 Å². The number of anilines is 1. The fourth-order valence-corrected chi connectivity index (χ4v) is 1.000. The third-order valence-corrected chi connectivity index (χ3v) is 1.55. The number of hydrogen-bond acceptors (Lipinski definition) is 2. The van der Waals surface area contributed by atoms with Crippen molar-refractivity contribution in [3.05, 3.63) is 40.0 Å². The number of halogens is 1. The van der Waals surface area contributed by atoms with Gasteiger partial charge in [-0.2, -0.15) is 0 Å². The summed E-state index contributed by atoms with van der Waals surface area (Å²) in [5, 5.41) is 3.32. The van der Waals surface area contributed by atoms with Gasteiger partial charge >= 0.3 is 0 Å². The van der Waals surface area contributed by atoms with E-state index in [1.165, 1.54) is 12.1 Å². The molecule has 0 unspecified atom stereocenters. The van der Waals surface area contributed by atoms with E-state index in [-0.39, 0.29) is 0 Å². The number of hydrogen-bond donors (Lipinski definition) is 1. The lowest BCUT2D eigenvalue weighted by molar-refractivity contribution is 0.628. The van der Waals surface area contributed by atoms with Gasteiger partial charge in [0, 0.05) is 29.1 Å². The van der Waals surface area contributed by atoms with E-state index in [4.69, 9.17) is 11.3 Å². The first-order chi connectivity index (χ1) is 7.22. The van der Waals surface area contributed by atoms with E-state index >= 15 is 0 Å². The van der Waals surface area contributed by atoms with E-state index in [2.05, 4.69) is 21.9 Å². The Labute approximate surface area is 86.5 Å². The number of benzene rings is 1. The van der Waals surface area contributed by atoms with Gasteiger partial charge in [0.2, 0.25) is 0 Å². The van der Waals surface area contributed by atoms with E-state index in [0.717, 1.165) is 0 Å². The van der Waals surface area contributed by atoms with Gasteiger partial charge in [0.15, 0.2) is 0 Å². The molecule has 15 heavy (non-hydrogen) atoms. The molecule has 0 radical (unpaired) electrons. The van der Waals surface area contributed by atoms with Gasteiger partial charge in [-0.15, -0.1) is 0 Å². The van der Waals surface area contributed by atoms with E-state index in [0.29, 0.717) is 24.2 Å². The first-order valence-corrected chi connectivity index (χ1v) is 4.28. The summed E-state index contributed by atoms with van der Waals surface area (Å²) in [4.78, 5) is 2.59. The van der Waals surface area contributed by atoms with Crippen molar-refractivity contribution in [2.24, 2.45) is 5.11 Å². The number of azide groups is 1. The molecule has 0 fully saturated rings. The fraction of sp³-hybridized carbons (Fsp3) is 0.200. The molecular weight excluding hydrogens is 195 g/mol. The van der Waals surface area contributed by atoms with Crippen LogP contribution in [0, 0.1) is 17.7 Å². The maximum atomic E-state index is 12.8. The first kappa shape index (κ1) is 10.9. The van der Waals surface area contributed by atoms with Crippen molar-refractivity contribution in [1.82, 2.24) is 0 Å². The molecule has 0 saturated carbocycles. The molecule has 0 saturated heterocycles. The van der Waals surface area contributed by atoms with E-state index in [1.807, 2.05) is 0 Å². The van der Waals surface area contributed by atoms with Crippen LogP contribution in [0.5, 0.6) is 0 Å². The van der Waals surface area contributed by atoms with Gasteiger partial charge in [-0.25, -0.2) is 4.39 Å². The van der Waals surface area contributed by atoms with Crippen molar-refractivity contribution < 1.29 is 4.39 Å². The lowest BCUT2D eigenvalue weighted by Crippen LogP contribution is -1.88. The molecule has 5 heteroatoms. The van der Waals surface area contributed by atoms with Crippen molar-refractivity contribution in [3.63, 3.8) is 0 Å². The maximum Gasteiger partial charge on any atom is 0.126 e. The summed E-state index contributed by atoms with van der Waals surface area (Å²) in [7, 11) is 0. The van der Waals surface area contributed by atoms with Crippen LogP contribution < -0.4 is 5.73 Å². The molecule has 0 aliphatic carbocycles. The number of nitrogens with zero attached hydrogens (tertiary/aromatic N) is 3. The highest BCUT2D eigenvalue weighted by Crippen LogP contribution is 2.09. The van der Waals surface area contributed by atoms with Crippen molar-refractivity contribution in [2.75, 3.05) is 12.3 Å². The van der Waals surface area contributed by atoms with Gasteiger partial charge in [-0.1, -0.05) is 17.0 Å². The number of rotatable bonds is 2. The predicted octanol–water partition coefficient (Wildman–Crippen LogP) is 2.46. The minimum absolute atomic E-state index is 0.314. The minimum Gasteiger partial charge on any atom is -0.399 e. The SMILES string of the molecule is [N-]=[N+]=NCCC#Cc1cc(N)cc(F)c1. The Balaban J connectivity index is 2.67. The van der Waals surface area contributed by atoms with Crippen molar-refractivity contribution in [2.45, 2.75) is 6.42 Å². The monoisotopic (exact) mass is 204 g/mol. The van der Waals surface area contributed by atoms with Gasteiger partial charge in [0.25, 0.3) is 0 Å². The Morgan fingerprint density at radius 3 is 2.93 bits per heavy atom. The van der Waals surface area contributed by atoms with Crippen LogP contribution in [-0.2, 0) is 0 Å². The van der Waals surface area contributed by atoms with Gasteiger partial charge in [-0.3, -0.25) is 0 Å². The standard InChI is InChI=1S/C10H9FN4/c11-9-5-8(6-10(12)7-9)3-1-2-4-14-15-13/h5-7H,2,4,12H2. The number of nitrogens with two attached hydrogens (primary N) is 1. The summed E-state index contributed by atoms with van der Waals surface area (Å²) in [6, 6.07) is 4.12. The van der Waals surface area contributed by atoms with Crippen LogP contribution in [0.25, 0.3) is 10.4 Å². The van der Waals surface area contributed by atoms with Gasteiger partial charge in [-0.05, 0) is 23.7 Å². The minimum atomic E-state index is -0.408. The molecule has 1 aromatic rings. The van der Waals surface area contributed by atoms with E-state index < -0.39 is 5.82 Å². The van der Waals surface area contributed by atoms with Crippen molar-refractivity contribution in [1.29, 1.82) is 0 Å². The second kappa shape index (κ2) is 5.53. The molecule has 2 N–H and O–H groups in total. The summed E-state index contributed by atoms with van der Waals surface area (Å²) < 4.78 is 12.8. The van der Waals surface area contributed by atoms with Gasteiger partial charge in [0.1, 0.15) is 5.82 Å². The second-order valence-electron chi connectivity index (χ2n) is 2.78. The Bertz CT molecular complexity index is 432. The zero-order valence-electron chi connectivity index (χ0n) is 7.94. The highest BCUT2D eigenvalue weighted by molar-refractivity contribution is 5.47. The van der Waals surface area contributed by atoms with Crippen LogP contribution in [0.15, 0.2) is 23.3 Å². The van der Waals surface area contributed by atoms with Crippen LogP contribution in [0.1, 0.15) is 12.0 Å². The molecule has 0 amide bonds. The van der Waals surface area contributed by atoms with Crippen LogP contribution >= 0.6 is 0 Å². The normalized spacial score (nSPS) is 8.60. The summed E-state index contributed by atoms with van der Waals surface area (Å²) in [6.07, 6.45) is 0.445. The molecule has 0 heterocycles. The van der Waals surface area contributed by atoms with Crippen molar-refractivity contribution >= 4 is 5.69 Å². The van der Waals surface area contributed by atoms with Crippen LogP contribution in [0.3, 0.4) is 0 Å². The Morgan fingerprint density at radius 1 is 1.47 bits per heavy atom. The Morgan fingerprint density at radius 2 is 2.27 bits per heavy atom. The molecular formula is C10H9FN4. The Hall–Kier alpha value is -2.18. The predicted molar refractivity (Wildman–Crippen MR) is 56.3 cm³/mol. The smallest absolute Gasteiger partial charge is 0.126 e. The molecule has 1 aromatic carbocycles. The second-order valence-corrected chi connectivity index (χ2v) is 2.78. The van der Waals surface area contributed by atoms with Crippen LogP contribution in [0.2, 0.25) is 0 Å². The molecule has 0 aromatic heterocycles. The zero-order chi connectivity index (χ0) is 11.1. The topological polar surface area (TPSA) is 74.8 Å². The molecule has 0 atom stereocenters. The molecule has 0 spiro atoms. The molecule has 76 valence electrons. The van der Waals surface area contributed by atoms with Crippen LogP contribution in [0.4, 0.5) is 10.1 Å². The molecule has 1 rings (SSSR count). The van der Waals surface area contributed by atoms with Crippen LogP contribution in [-0.4, -0.2) is 6.54 Å². The van der Waals surface area contributed by atoms with E-state index in [9.17, 15) is 4.39 Å². The summed E-state index contributed by atoms with van der Waals surface area (Å²) in [5.74, 6) is 5.08. The maximum absolute atomic E-state index is 12.8. The first-order valence-electron chi connectivity index (χ1n) is 4.28. The molecule has 0 aliphatic heterocycles. The summed E-state index contributed by atoms with van der Waals surface area (Å²) in [6.45, 7) is 0.314. The third kappa shape index (κ3) is 4.03. The molecule has 0 aliphatic rings. The summed E-state index contributed by atoms with van der Waals surface area (Å²) >= 11 is 0. The van der Waals surface area contributed by atoms with Gasteiger partial charge < -0.3 is 5.73 Å².